The van der Waals surface area contributed by atoms with E-state index >= 15 is 0 Å². The Morgan fingerprint density at radius 3 is 2.56 bits per heavy atom. The van der Waals surface area contributed by atoms with Gasteiger partial charge in [-0.25, -0.2) is 18.0 Å². The van der Waals surface area contributed by atoms with Crippen molar-refractivity contribution in [1.29, 1.82) is 0 Å². The molecule has 1 aliphatic carbocycles. The molecule has 0 spiro atoms. The fraction of sp³-hybridized carbons (Fsp3) is 0.458. The Hall–Kier alpha value is -2.74. The number of hydrogen-bond donors (Lipinski definition) is 1. The standard InChI is InChI=1S/C24H28F3N3O2/c1-29-11-10-23(22(27)15-29)30(14-17-4-5-18(25)12-21(17)26)24(31)28-13-16-2-6-19(7-3-16)32-20-8-9-20/h2-7,12,20,22-23H,8-11,13-15H2,1H3,(H,28,31)/t22-,23+/m0/s1. The summed E-state index contributed by atoms with van der Waals surface area (Å²) in [4.78, 5) is 16.3. The van der Waals surface area contributed by atoms with Crippen molar-refractivity contribution in [3.8, 4) is 5.75 Å². The highest BCUT2D eigenvalue weighted by Gasteiger charge is 2.35. The van der Waals surface area contributed by atoms with Crippen LogP contribution in [0.5, 0.6) is 5.75 Å². The lowest BCUT2D eigenvalue weighted by molar-refractivity contribution is 0.0567. The van der Waals surface area contributed by atoms with Gasteiger partial charge in [-0.3, -0.25) is 0 Å². The first-order valence-corrected chi connectivity index (χ1v) is 11.0. The quantitative estimate of drug-likeness (QED) is 0.690. The van der Waals surface area contributed by atoms with E-state index in [1.54, 1.807) is 0 Å². The van der Waals surface area contributed by atoms with Crippen molar-refractivity contribution < 1.29 is 22.7 Å². The van der Waals surface area contributed by atoms with Gasteiger partial charge >= 0.3 is 6.03 Å². The molecular weight excluding hydrogens is 419 g/mol. The van der Waals surface area contributed by atoms with Gasteiger partial charge in [-0.05, 0) is 50.1 Å². The molecule has 1 aliphatic heterocycles. The van der Waals surface area contributed by atoms with Gasteiger partial charge in [-0.15, -0.1) is 0 Å². The highest BCUT2D eigenvalue weighted by Crippen LogP contribution is 2.27. The van der Waals surface area contributed by atoms with E-state index in [4.69, 9.17) is 4.74 Å². The summed E-state index contributed by atoms with van der Waals surface area (Å²) in [5, 5.41) is 2.82. The van der Waals surface area contributed by atoms with Crippen LogP contribution in [0.3, 0.4) is 0 Å². The third kappa shape index (κ3) is 5.73. The molecule has 2 atom stereocenters. The lowest BCUT2D eigenvalue weighted by atomic mass is 10.0. The van der Waals surface area contributed by atoms with Gasteiger partial charge in [0.05, 0.1) is 18.7 Å². The van der Waals surface area contributed by atoms with Gasteiger partial charge in [-0.1, -0.05) is 18.2 Å². The largest absolute Gasteiger partial charge is 0.490 e. The Morgan fingerprint density at radius 2 is 1.91 bits per heavy atom. The van der Waals surface area contributed by atoms with Crippen LogP contribution >= 0.6 is 0 Å². The summed E-state index contributed by atoms with van der Waals surface area (Å²) in [6, 6.07) is 9.50. The Morgan fingerprint density at radius 1 is 1.16 bits per heavy atom. The second kappa shape index (κ2) is 9.81. The molecular formula is C24H28F3N3O2. The van der Waals surface area contributed by atoms with Crippen LogP contribution in [-0.4, -0.2) is 54.3 Å². The first kappa shape index (κ1) is 22.5. The van der Waals surface area contributed by atoms with Crippen LogP contribution in [0.1, 0.15) is 30.4 Å². The molecule has 2 aliphatic rings. The molecule has 0 unspecified atom stereocenters. The number of rotatable bonds is 7. The van der Waals surface area contributed by atoms with E-state index in [1.807, 2.05) is 36.2 Å². The van der Waals surface area contributed by atoms with Crippen molar-refractivity contribution in [2.24, 2.45) is 0 Å². The summed E-state index contributed by atoms with van der Waals surface area (Å²) in [6.07, 6.45) is 1.64. The van der Waals surface area contributed by atoms with Crippen LogP contribution in [0.4, 0.5) is 18.0 Å². The number of halogens is 3. The monoisotopic (exact) mass is 447 g/mol. The van der Waals surface area contributed by atoms with Crippen LogP contribution in [0, 0.1) is 11.6 Å². The Kier molecular flexibility index (Phi) is 6.89. The summed E-state index contributed by atoms with van der Waals surface area (Å²) in [7, 11) is 1.82. The van der Waals surface area contributed by atoms with Crippen LogP contribution in [0.2, 0.25) is 0 Å². The van der Waals surface area contributed by atoms with E-state index in [1.165, 1.54) is 11.0 Å². The van der Waals surface area contributed by atoms with Gasteiger partial charge in [-0.2, -0.15) is 0 Å². The summed E-state index contributed by atoms with van der Waals surface area (Å²) in [5.41, 5.74) is 1.02. The Balaban J connectivity index is 1.44. The van der Waals surface area contributed by atoms with E-state index in [2.05, 4.69) is 5.32 Å². The van der Waals surface area contributed by atoms with Gasteiger partial charge < -0.3 is 19.9 Å². The van der Waals surface area contributed by atoms with E-state index in [0.717, 1.165) is 36.3 Å². The van der Waals surface area contributed by atoms with Crippen LogP contribution in [0.25, 0.3) is 0 Å². The number of nitrogens with one attached hydrogen (secondary N) is 1. The normalized spacial score (nSPS) is 21.2. The topological polar surface area (TPSA) is 44.8 Å². The average molecular weight is 448 g/mol. The molecule has 1 heterocycles. The SMILES string of the molecule is CN1CC[C@@H](N(Cc2ccc(F)cc2F)C(=O)NCc2ccc(OC3CC3)cc2)[C@@H](F)C1. The summed E-state index contributed by atoms with van der Waals surface area (Å²) < 4.78 is 48.2. The maximum absolute atomic E-state index is 14.9. The molecule has 1 N–H and O–H groups in total. The second-order valence-corrected chi connectivity index (χ2v) is 8.62. The minimum atomic E-state index is -1.26. The number of nitrogens with zero attached hydrogens (tertiary/aromatic N) is 2. The number of amides is 2. The molecule has 5 nitrogen and oxygen atoms in total. The van der Waals surface area contributed by atoms with Gasteiger partial charge in [0.15, 0.2) is 0 Å². The smallest absolute Gasteiger partial charge is 0.318 e. The fourth-order valence-corrected chi connectivity index (χ4v) is 3.91. The zero-order valence-electron chi connectivity index (χ0n) is 18.1. The number of hydrogen-bond acceptors (Lipinski definition) is 3. The number of likely N-dealkylation sites (tertiary alicyclic amines) is 1. The molecule has 2 amide bonds. The van der Waals surface area contributed by atoms with Gasteiger partial charge in [0.1, 0.15) is 23.6 Å². The predicted molar refractivity (Wildman–Crippen MR) is 115 cm³/mol. The van der Waals surface area contributed by atoms with Crippen molar-refractivity contribution in [2.45, 2.75) is 50.7 Å². The molecule has 1 saturated carbocycles. The van der Waals surface area contributed by atoms with Gasteiger partial charge in [0.2, 0.25) is 0 Å². The second-order valence-electron chi connectivity index (χ2n) is 8.62. The Bertz CT molecular complexity index is 937. The number of urea groups is 1. The van der Waals surface area contributed by atoms with Gasteiger partial charge in [0, 0.05) is 31.3 Å². The van der Waals surface area contributed by atoms with Crippen LogP contribution in [-0.2, 0) is 13.1 Å². The predicted octanol–water partition coefficient (Wildman–Crippen LogP) is 4.26. The van der Waals surface area contributed by atoms with Crippen LogP contribution in [0.15, 0.2) is 42.5 Å². The molecule has 172 valence electrons. The van der Waals surface area contributed by atoms with E-state index < -0.39 is 29.9 Å². The summed E-state index contributed by atoms with van der Waals surface area (Å²) in [6.45, 7) is 0.932. The fourth-order valence-electron chi connectivity index (χ4n) is 3.91. The summed E-state index contributed by atoms with van der Waals surface area (Å²) >= 11 is 0. The minimum Gasteiger partial charge on any atom is -0.490 e. The number of carbonyl (C=O) groups is 1. The molecule has 4 rings (SSSR count). The van der Waals surface area contributed by atoms with Crippen molar-refractivity contribution in [3.05, 3.63) is 65.2 Å². The molecule has 2 aromatic carbocycles. The lowest BCUT2D eigenvalue weighted by Crippen LogP contribution is -2.55. The third-order valence-corrected chi connectivity index (χ3v) is 5.92. The van der Waals surface area contributed by atoms with E-state index in [0.29, 0.717) is 19.1 Å². The maximum atomic E-state index is 14.9. The summed E-state index contributed by atoms with van der Waals surface area (Å²) in [5.74, 6) is -0.654. The highest BCUT2D eigenvalue weighted by atomic mass is 19.1. The molecule has 32 heavy (non-hydrogen) atoms. The molecule has 8 heteroatoms. The number of carbonyl (C=O) groups excluding carboxylic acids is 1. The number of benzene rings is 2. The third-order valence-electron chi connectivity index (χ3n) is 5.92. The number of piperidine rings is 1. The van der Waals surface area contributed by atoms with Crippen molar-refractivity contribution in [1.82, 2.24) is 15.1 Å². The highest BCUT2D eigenvalue weighted by molar-refractivity contribution is 5.74. The zero-order chi connectivity index (χ0) is 22.7. The van der Waals surface area contributed by atoms with Gasteiger partial charge in [0.25, 0.3) is 0 Å². The number of ether oxygens (including phenoxy) is 1. The average Bonchev–Trinajstić information content (AvgIpc) is 3.57. The first-order valence-electron chi connectivity index (χ1n) is 11.0. The lowest BCUT2D eigenvalue weighted by Gasteiger charge is -2.39. The first-order chi connectivity index (χ1) is 15.4. The zero-order valence-corrected chi connectivity index (χ0v) is 18.1. The molecule has 2 fully saturated rings. The molecule has 0 bridgehead atoms. The Labute approximate surface area is 186 Å². The number of alkyl halides is 1. The maximum Gasteiger partial charge on any atom is 0.318 e. The minimum absolute atomic E-state index is 0.138. The van der Waals surface area contributed by atoms with Crippen molar-refractivity contribution in [2.75, 3.05) is 20.1 Å². The van der Waals surface area contributed by atoms with Crippen molar-refractivity contribution in [3.63, 3.8) is 0 Å². The van der Waals surface area contributed by atoms with Crippen molar-refractivity contribution >= 4 is 6.03 Å². The van der Waals surface area contributed by atoms with E-state index in [9.17, 15) is 18.0 Å². The van der Waals surface area contributed by atoms with Crippen LogP contribution < -0.4 is 10.1 Å². The molecule has 0 radical (unpaired) electrons. The van der Waals surface area contributed by atoms with E-state index in [-0.39, 0.29) is 25.2 Å². The molecule has 0 aromatic heterocycles. The molecule has 2 aromatic rings. The molecule has 1 saturated heterocycles.